The van der Waals surface area contributed by atoms with Crippen LogP contribution in [0.3, 0.4) is 0 Å². The minimum Gasteiger partial charge on any atom is -0.267 e. The molecule has 0 radical (unpaired) electrons. The summed E-state index contributed by atoms with van der Waals surface area (Å²) in [6.07, 6.45) is 3.08. The van der Waals surface area contributed by atoms with Crippen LogP contribution < -0.4 is 4.31 Å². The average molecular weight is 403 g/mol. The van der Waals surface area contributed by atoms with Gasteiger partial charge in [0.05, 0.1) is 22.5 Å². The zero-order valence-corrected chi connectivity index (χ0v) is 16.4. The van der Waals surface area contributed by atoms with E-state index in [-0.39, 0.29) is 11.4 Å². The fourth-order valence-electron chi connectivity index (χ4n) is 3.22. The lowest BCUT2D eigenvalue weighted by Gasteiger charge is -2.23. The van der Waals surface area contributed by atoms with Crippen LogP contribution in [0, 0.1) is 11.3 Å². The van der Waals surface area contributed by atoms with Gasteiger partial charge in [-0.1, -0.05) is 30.3 Å². The molecule has 0 atom stereocenters. The normalized spacial score (nSPS) is 11.3. The van der Waals surface area contributed by atoms with Crippen molar-refractivity contribution in [2.75, 3.05) is 10.8 Å². The molecule has 7 nitrogen and oxygen atoms in total. The van der Waals surface area contributed by atoms with Crippen molar-refractivity contribution >= 4 is 21.4 Å². The van der Waals surface area contributed by atoms with Crippen LogP contribution in [-0.2, 0) is 10.0 Å². The molecule has 29 heavy (non-hydrogen) atoms. The van der Waals surface area contributed by atoms with Gasteiger partial charge in [0, 0.05) is 18.3 Å². The maximum Gasteiger partial charge on any atom is 0.264 e. The van der Waals surface area contributed by atoms with Gasteiger partial charge in [0.25, 0.3) is 10.0 Å². The lowest BCUT2D eigenvalue weighted by atomic mass is 10.1. The third-order valence-electron chi connectivity index (χ3n) is 4.57. The second kappa shape index (κ2) is 7.37. The Labute approximate surface area is 168 Å². The number of hydrogen-bond acceptors (Lipinski definition) is 5. The maximum atomic E-state index is 13.1. The third kappa shape index (κ3) is 3.22. The van der Waals surface area contributed by atoms with Crippen molar-refractivity contribution in [2.45, 2.75) is 11.8 Å². The van der Waals surface area contributed by atoms with E-state index >= 15 is 0 Å². The summed E-state index contributed by atoms with van der Waals surface area (Å²) in [5.74, 6) is 0. The molecule has 0 aliphatic heterocycles. The van der Waals surface area contributed by atoms with Gasteiger partial charge in [-0.05, 0) is 37.3 Å². The molecule has 2 heterocycles. The van der Waals surface area contributed by atoms with Crippen molar-refractivity contribution in [3.63, 3.8) is 0 Å². The Hall–Kier alpha value is -3.70. The quantitative estimate of drug-likeness (QED) is 0.509. The first kappa shape index (κ1) is 18.7. The highest BCUT2D eigenvalue weighted by molar-refractivity contribution is 7.92. The Morgan fingerprint density at radius 2 is 1.90 bits per heavy atom. The largest absolute Gasteiger partial charge is 0.267 e. The van der Waals surface area contributed by atoms with Crippen LogP contribution in [0.1, 0.15) is 12.5 Å². The summed E-state index contributed by atoms with van der Waals surface area (Å²) in [7, 11) is -3.69. The molecule has 4 aromatic rings. The van der Waals surface area contributed by atoms with Crippen LogP contribution in [0.15, 0.2) is 78.0 Å². The van der Waals surface area contributed by atoms with Gasteiger partial charge in [-0.2, -0.15) is 10.4 Å². The first-order chi connectivity index (χ1) is 14.1. The molecule has 0 saturated heterocycles. The highest BCUT2D eigenvalue weighted by Gasteiger charge is 2.23. The van der Waals surface area contributed by atoms with Crippen LogP contribution >= 0.6 is 0 Å². The predicted molar refractivity (Wildman–Crippen MR) is 110 cm³/mol. The Kier molecular flexibility index (Phi) is 4.74. The van der Waals surface area contributed by atoms with Gasteiger partial charge in [0.2, 0.25) is 0 Å². The summed E-state index contributed by atoms with van der Waals surface area (Å²) in [6, 6.07) is 19.4. The van der Waals surface area contributed by atoms with E-state index in [1.165, 1.54) is 10.5 Å². The Balaban J connectivity index is 1.82. The van der Waals surface area contributed by atoms with E-state index in [2.05, 4.69) is 16.2 Å². The minimum atomic E-state index is -3.69. The summed E-state index contributed by atoms with van der Waals surface area (Å²) in [6.45, 7) is 2.08. The van der Waals surface area contributed by atoms with E-state index in [0.717, 1.165) is 5.56 Å². The van der Waals surface area contributed by atoms with E-state index in [0.29, 0.717) is 22.6 Å². The molecule has 0 unspecified atom stereocenters. The van der Waals surface area contributed by atoms with Gasteiger partial charge >= 0.3 is 0 Å². The van der Waals surface area contributed by atoms with E-state index in [9.17, 15) is 13.7 Å². The first-order valence-corrected chi connectivity index (χ1v) is 10.4. The zero-order chi connectivity index (χ0) is 20.4. The SMILES string of the molecule is CCN(c1cccc(-c2ccnc3c(C#N)cnn23)c1)S(=O)(=O)c1ccccc1. The number of benzene rings is 2. The molecular formula is C21H17N5O2S. The highest BCUT2D eigenvalue weighted by atomic mass is 32.2. The molecule has 0 aliphatic carbocycles. The van der Waals surface area contributed by atoms with Crippen molar-refractivity contribution in [1.82, 2.24) is 14.6 Å². The summed E-state index contributed by atoms with van der Waals surface area (Å²) in [5, 5.41) is 13.5. The number of hydrogen-bond donors (Lipinski definition) is 0. The van der Waals surface area contributed by atoms with Crippen molar-refractivity contribution < 1.29 is 8.42 Å². The number of aromatic nitrogens is 3. The molecule has 0 amide bonds. The van der Waals surface area contributed by atoms with E-state index in [1.807, 2.05) is 6.07 Å². The number of sulfonamides is 1. The molecule has 0 aliphatic rings. The van der Waals surface area contributed by atoms with Gasteiger partial charge < -0.3 is 0 Å². The summed E-state index contributed by atoms with van der Waals surface area (Å²) >= 11 is 0. The minimum absolute atomic E-state index is 0.240. The summed E-state index contributed by atoms with van der Waals surface area (Å²) in [4.78, 5) is 4.46. The molecule has 4 rings (SSSR count). The topological polar surface area (TPSA) is 91.4 Å². The molecule has 0 fully saturated rings. The van der Waals surface area contributed by atoms with Crippen LogP contribution in [-0.4, -0.2) is 29.6 Å². The lowest BCUT2D eigenvalue weighted by molar-refractivity contribution is 0.592. The van der Waals surface area contributed by atoms with Crippen LogP contribution in [0.2, 0.25) is 0 Å². The first-order valence-electron chi connectivity index (χ1n) is 8.97. The van der Waals surface area contributed by atoms with Crippen molar-refractivity contribution in [3.05, 3.63) is 78.6 Å². The molecule has 0 N–H and O–H groups in total. The van der Waals surface area contributed by atoms with Crippen molar-refractivity contribution in [1.29, 1.82) is 5.26 Å². The maximum absolute atomic E-state index is 13.1. The van der Waals surface area contributed by atoms with Crippen LogP contribution in [0.5, 0.6) is 0 Å². The molecule has 8 heteroatoms. The molecule has 0 saturated carbocycles. The van der Waals surface area contributed by atoms with Crippen molar-refractivity contribution in [2.24, 2.45) is 0 Å². The second-order valence-corrected chi connectivity index (χ2v) is 8.13. The lowest BCUT2D eigenvalue weighted by Crippen LogP contribution is -2.30. The predicted octanol–water partition coefficient (Wildman–Crippen LogP) is 3.48. The number of anilines is 1. The number of rotatable bonds is 5. The summed E-state index contributed by atoms with van der Waals surface area (Å²) < 4.78 is 29.2. The van der Waals surface area contributed by atoms with Gasteiger partial charge in [-0.15, -0.1) is 0 Å². The Morgan fingerprint density at radius 1 is 1.10 bits per heavy atom. The molecule has 0 bridgehead atoms. The molecule has 2 aromatic carbocycles. The standard InChI is InChI=1S/C21H17N5O2S/c1-2-25(29(27,28)19-9-4-3-5-10-19)18-8-6-7-16(13-18)20-11-12-23-21-17(14-22)15-24-26(20)21/h3-13,15H,2H2,1H3. The third-order valence-corrected chi connectivity index (χ3v) is 6.49. The van der Waals surface area contributed by atoms with E-state index in [4.69, 9.17) is 0 Å². The van der Waals surface area contributed by atoms with Crippen LogP contribution in [0.25, 0.3) is 16.9 Å². The molecule has 144 valence electrons. The Morgan fingerprint density at radius 3 is 2.62 bits per heavy atom. The van der Waals surface area contributed by atoms with Gasteiger partial charge in [-0.3, -0.25) is 4.31 Å². The highest BCUT2D eigenvalue weighted by Crippen LogP contribution is 2.28. The zero-order valence-electron chi connectivity index (χ0n) is 15.6. The van der Waals surface area contributed by atoms with Gasteiger partial charge in [0.15, 0.2) is 5.65 Å². The Bertz CT molecular complexity index is 1320. The summed E-state index contributed by atoms with van der Waals surface area (Å²) in [5.41, 5.74) is 2.87. The van der Waals surface area contributed by atoms with Gasteiger partial charge in [0.1, 0.15) is 11.6 Å². The fourth-order valence-corrected chi connectivity index (χ4v) is 4.71. The average Bonchev–Trinajstić information content (AvgIpc) is 3.18. The monoisotopic (exact) mass is 403 g/mol. The van der Waals surface area contributed by atoms with Crippen LogP contribution in [0.4, 0.5) is 5.69 Å². The van der Waals surface area contributed by atoms with E-state index in [1.54, 1.807) is 72.2 Å². The molecule has 0 spiro atoms. The van der Waals surface area contributed by atoms with Crippen molar-refractivity contribution in [3.8, 4) is 17.3 Å². The number of nitriles is 1. The van der Waals surface area contributed by atoms with E-state index < -0.39 is 10.0 Å². The van der Waals surface area contributed by atoms with Gasteiger partial charge in [-0.25, -0.2) is 17.9 Å². The number of nitrogens with zero attached hydrogens (tertiary/aromatic N) is 5. The fraction of sp³-hybridized carbons (Fsp3) is 0.0952. The number of fused-ring (bicyclic) bond motifs is 1. The smallest absolute Gasteiger partial charge is 0.264 e. The molecular weight excluding hydrogens is 386 g/mol. The molecule has 2 aromatic heterocycles. The second-order valence-electron chi connectivity index (χ2n) is 6.27.